The van der Waals surface area contributed by atoms with Crippen molar-refractivity contribution in [2.24, 2.45) is 5.92 Å². The average molecular weight is 396 g/mol. The third-order valence-electron chi connectivity index (χ3n) is 5.53. The van der Waals surface area contributed by atoms with E-state index in [4.69, 9.17) is 0 Å². The molecule has 1 saturated heterocycles. The van der Waals surface area contributed by atoms with E-state index in [0.717, 1.165) is 61.2 Å². The first-order valence-corrected chi connectivity index (χ1v) is 10.9. The number of piperidine rings is 1. The zero-order chi connectivity index (χ0) is 19.3. The van der Waals surface area contributed by atoms with Gasteiger partial charge >= 0.3 is 0 Å². The SMILES string of the molecule is O=C(Nc1ccc(-c2cscn2)cc1)[C@H]1CCCN(C(=O)C2=CCCCC2)C1. The Morgan fingerprint density at radius 2 is 2.00 bits per heavy atom. The van der Waals surface area contributed by atoms with Crippen LogP contribution in [0.2, 0.25) is 0 Å². The van der Waals surface area contributed by atoms with Crippen LogP contribution >= 0.6 is 11.3 Å². The maximum absolute atomic E-state index is 12.8. The Hall–Kier alpha value is -2.47. The van der Waals surface area contributed by atoms with E-state index >= 15 is 0 Å². The van der Waals surface area contributed by atoms with E-state index in [1.165, 1.54) is 6.42 Å². The second kappa shape index (κ2) is 8.69. The zero-order valence-electron chi connectivity index (χ0n) is 15.9. The van der Waals surface area contributed by atoms with Crippen molar-refractivity contribution in [1.29, 1.82) is 0 Å². The van der Waals surface area contributed by atoms with E-state index in [-0.39, 0.29) is 17.7 Å². The van der Waals surface area contributed by atoms with Gasteiger partial charge in [-0.3, -0.25) is 9.59 Å². The molecule has 28 heavy (non-hydrogen) atoms. The number of amides is 2. The van der Waals surface area contributed by atoms with Crippen molar-refractivity contribution in [3.63, 3.8) is 0 Å². The molecule has 1 fully saturated rings. The van der Waals surface area contributed by atoms with Crippen LogP contribution in [-0.2, 0) is 9.59 Å². The van der Waals surface area contributed by atoms with Gasteiger partial charge in [0.2, 0.25) is 11.8 Å². The van der Waals surface area contributed by atoms with Gasteiger partial charge in [0.1, 0.15) is 0 Å². The lowest BCUT2D eigenvalue weighted by Gasteiger charge is -2.33. The van der Waals surface area contributed by atoms with Gasteiger partial charge in [-0.15, -0.1) is 11.3 Å². The monoisotopic (exact) mass is 395 g/mol. The highest BCUT2D eigenvalue weighted by atomic mass is 32.1. The summed E-state index contributed by atoms with van der Waals surface area (Å²) in [5.41, 5.74) is 5.51. The lowest BCUT2D eigenvalue weighted by Crippen LogP contribution is -2.44. The van der Waals surface area contributed by atoms with Gasteiger partial charge in [0.15, 0.2) is 0 Å². The summed E-state index contributed by atoms with van der Waals surface area (Å²) in [7, 11) is 0. The fraction of sp³-hybridized carbons (Fsp3) is 0.409. The van der Waals surface area contributed by atoms with Crippen LogP contribution in [0.5, 0.6) is 0 Å². The van der Waals surface area contributed by atoms with Crippen molar-refractivity contribution in [2.75, 3.05) is 18.4 Å². The molecule has 2 aromatic rings. The highest BCUT2D eigenvalue weighted by molar-refractivity contribution is 7.07. The number of nitrogens with zero attached hydrogens (tertiary/aromatic N) is 2. The van der Waals surface area contributed by atoms with Crippen LogP contribution in [0.1, 0.15) is 38.5 Å². The van der Waals surface area contributed by atoms with E-state index in [2.05, 4.69) is 16.4 Å². The minimum atomic E-state index is -0.153. The molecule has 1 aliphatic heterocycles. The number of rotatable bonds is 4. The molecular weight excluding hydrogens is 370 g/mol. The number of aromatic nitrogens is 1. The maximum Gasteiger partial charge on any atom is 0.249 e. The van der Waals surface area contributed by atoms with Crippen LogP contribution in [0.4, 0.5) is 5.69 Å². The molecule has 1 aromatic carbocycles. The van der Waals surface area contributed by atoms with Crippen molar-refractivity contribution in [3.8, 4) is 11.3 Å². The first-order chi connectivity index (χ1) is 13.7. The molecule has 1 aromatic heterocycles. The van der Waals surface area contributed by atoms with Gasteiger partial charge in [-0.05, 0) is 50.7 Å². The summed E-state index contributed by atoms with van der Waals surface area (Å²) < 4.78 is 0. The predicted molar refractivity (Wildman–Crippen MR) is 112 cm³/mol. The van der Waals surface area contributed by atoms with Crippen molar-refractivity contribution in [2.45, 2.75) is 38.5 Å². The van der Waals surface area contributed by atoms with E-state index < -0.39 is 0 Å². The van der Waals surface area contributed by atoms with E-state index in [1.807, 2.05) is 40.1 Å². The number of hydrogen-bond acceptors (Lipinski definition) is 4. The van der Waals surface area contributed by atoms with Crippen LogP contribution in [0.3, 0.4) is 0 Å². The van der Waals surface area contributed by atoms with Gasteiger partial charge in [-0.2, -0.15) is 0 Å². The number of nitrogens with one attached hydrogen (secondary N) is 1. The topological polar surface area (TPSA) is 62.3 Å². The molecule has 146 valence electrons. The van der Waals surface area contributed by atoms with Gasteiger partial charge in [0.25, 0.3) is 0 Å². The van der Waals surface area contributed by atoms with Crippen LogP contribution in [-0.4, -0.2) is 34.8 Å². The lowest BCUT2D eigenvalue weighted by atomic mass is 9.94. The zero-order valence-corrected chi connectivity index (χ0v) is 16.7. The number of carbonyl (C=O) groups is 2. The molecule has 2 amide bonds. The first-order valence-electron chi connectivity index (χ1n) is 9.98. The number of likely N-dealkylation sites (tertiary alicyclic amines) is 1. The number of carbonyl (C=O) groups excluding carboxylic acids is 2. The molecule has 6 heteroatoms. The third-order valence-corrected chi connectivity index (χ3v) is 6.11. The van der Waals surface area contributed by atoms with E-state index in [0.29, 0.717) is 6.54 Å². The fourth-order valence-corrected chi connectivity index (χ4v) is 4.50. The quantitative estimate of drug-likeness (QED) is 0.830. The second-order valence-electron chi connectivity index (χ2n) is 7.51. The van der Waals surface area contributed by atoms with Crippen molar-refractivity contribution < 1.29 is 9.59 Å². The van der Waals surface area contributed by atoms with Gasteiger partial charge in [0, 0.05) is 35.3 Å². The van der Waals surface area contributed by atoms with Gasteiger partial charge in [-0.25, -0.2) is 4.98 Å². The normalized spacial score (nSPS) is 19.8. The standard InChI is InChI=1S/C22H25N3O2S/c26-21(24-19-10-8-16(9-11-19)20-14-28-15-23-20)18-7-4-12-25(13-18)22(27)17-5-2-1-3-6-17/h5,8-11,14-15,18H,1-4,6-7,12-13H2,(H,24,26)/t18-/m0/s1. The van der Waals surface area contributed by atoms with Gasteiger partial charge in [-0.1, -0.05) is 18.2 Å². The van der Waals surface area contributed by atoms with Gasteiger partial charge in [0.05, 0.1) is 17.1 Å². The summed E-state index contributed by atoms with van der Waals surface area (Å²) >= 11 is 1.56. The Morgan fingerprint density at radius 3 is 2.71 bits per heavy atom. The summed E-state index contributed by atoms with van der Waals surface area (Å²) in [5.74, 6) is -0.0264. The Balaban J connectivity index is 1.36. The minimum absolute atomic E-state index is 0.00321. The number of hydrogen-bond donors (Lipinski definition) is 1. The van der Waals surface area contributed by atoms with Crippen LogP contribution < -0.4 is 5.32 Å². The molecule has 1 atom stereocenters. The molecule has 1 aliphatic carbocycles. The lowest BCUT2D eigenvalue weighted by molar-refractivity contribution is -0.131. The smallest absolute Gasteiger partial charge is 0.249 e. The summed E-state index contributed by atoms with van der Waals surface area (Å²) in [6.07, 6.45) is 7.91. The highest BCUT2D eigenvalue weighted by Gasteiger charge is 2.30. The van der Waals surface area contributed by atoms with Gasteiger partial charge < -0.3 is 10.2 Å². The third kappa shape index (κ3) is 4.33. The van der Waals surface area contributed by atoms with Crippen molar-refractivity contribution >= 4 is 28.8 Å². The highest BCUT2D eigenvalue weighted by Crippen LogP contribution is 2.25. The molecule has 2 heterocycles. The molecule has 0 radical (unpaired) electrons. The average Bonchev–Trinajstić information content (AvgIpc) is 3.29. The number of benzene rings is 1. The first kappa shape index (κ1) is 18.9. The van der Waals surface area contributed by atoms with E-state index in [9.17, 15) is 9.59 Å². The predicted octanol–water partition coefficient (Wildman–Crippen LogP) is 4.49. The Kier molecular flexibility index (Phi) is 5.86. The fourth-order valence-electron chi connectivity index (χ4n) is 3.93. The largest absolute Gasteiger partial charge is 0.338 e. The summed E-state index contributed by atoms with van der Waals surface area (Å²) in [5, 5.41) is 5.02. The molecule has 1 N–H and O–H groups in total. The molecule has 0 spiro atoms. The molecule has 0 bridgehead atoms. The van der Waals surface area contributed by atoms with Crippen LogP contribution in [0.25, 0.3) is 11.3 Å². The Bertz CT molecular complexity index is 858. The Labute approximate surface area is 169 Å². The Morgan fingerprint density at radius 1 is 1.14 bits per heavy atom. The summed E-state index contributed by atoms with van der Waals surface area (Å²) in [4.78, 5) is 31.7. The maximum atomic E-state index is 12.8. The molecule has 5 nitrogen and oxygen atoms in total. The second-order valence-corrected chi connectivity index (χ2v) is 8.22. The molecule has 2 aliphatic rings. The molecular formula is C22H25N3O2S. The van der Waals surface area contributed by atoms with Crippen LogP contribution in [0.15, 0.2) is 46.8 Å². The molecule has 0 unspecified atom stereocenters. The number of thiazole rings is 1. The van der Waals surface area contributed by atoms with Crippen molar-refractivity contribution in [1.82, 2.24) is 9.88 Å². The minimum Gasteiger partial charge on any atom is -0.338 e. The summed E-state index contributed by atoms with van der Waals surface area (Å²) in [6.45, 7) is 1.27. The van der Waals surface area contributed by atoms with Crippen molar-refractivity contribution in [3.05, 3.63) is 46.8 Å². The van der Waals surface area contributed by atoms with Crippen LogP contribution in [0, 0.1) is 5.92 Å². The van der Waals surface area contributed by atoms with E-state index in [1.54, 1.807) is 11.3 Å². The molecule has 0 saturated carbocycles. The number of allylic oxidation sites excluding steroid dienone is 1. The molecule has 4 rings (SSSR count). The number of anilines is 1. The summed E-state index contributed by atoms with van der Waals surface area (Å²) in [6, 6.07) is 7.75.